The quantitative estimate of drug-likeness (QED) is 0.420. The molecule has 0 aromatic heterocycles. The number of hydrogen-bond acceptors (Lipinski definition) is 4. The number of fused-ring (bicyclic) bond motifs is 1. The molecule has 2 fully saturated rings. The lowest BCUT2D eigenvalue weighted by molar-refractivity contribution is -0.137. The number of methoxy groups -OCH3 is 1. The van der Waals surface area contributed by atoms with Crippen molar-refractivity contribution in [2.24, 2.45) is 17.3 Å². The molecular formula is C23H42O4. The summed E-state index contributed by atoms with van der Waals surface area (Å²) in [5.41, 5.74) is -0.928. The molecule has 0 radical (unpaired) electrons. The molecule has 2 rings (SSSR count). The Bertz CT molecular complexity index is 483. The van der Waals surface area contributed by atoms with Crippen molar-refractivity contribution < 1.29 is 19.7 Å². The third-order valence-corrected chi connectivity index (χ3v) is 7.79. The van der Waals surface area contributed by atoms with Crippen LogP contribution in [-0.4, -0.2) is 41.4 Å². The van der Waals surface area contributed by atoms with Crippen molar-refractivity contribution in [3.05, 3.63) is 12.2 Å². The van der Waals surface area contributed by atoms with Crippen molar-refractivity contribution in [3.8, 4) is 0 Å². The molecule has 5 atom stereocenters. The molecule has 4 heteroatoms. The van der Waals surface area contributed by atoms with Gasteiger partial charge in [0.05, 0.1) is 17.3 Å². The first kappa shape index (κ1) is 22.9. The van der Waals surface area contributed by atoms with Crippen LogP contribution in [-0.2, 0) is 9.47 Å². The summed E-state index contributed by atoms with van der Waals surface area (Å²) in [7, 11) is 1.66. The van der Waals surface area contributed by atoms with Gasteiger partial charge in [0.1, 0.15) is 6.79 Å². The maximum Gasteiger partial charge on any atom is 0.147 e. The van der Waals surface area contributed by atoms with Gasteiger partial charge in [0.15, 0.2) is 0 Å². The van der Waals surface area contributed by atoms with Gasteiger partial charge < -0.3 is 19.7 Å². The highest BCUT2D eigenvalue weighted by Gasteiger charge is 2.55. The summed E-state index contributed by atoms with van der Waals surface area (Å²) in [6.07, 6.45) is 12.8. The van der Waals surface area contributed by atoms with E-state index in [1.54, 1.807) is 7.11 Å². The molecule has 0 amide bonds. The molecule has 2 N–H and O–H groups in total. The molecule has 4 nitrogen and oxygen atoms in total. The van der Waals surface area contributed by atoms with Crippen LogP contribution in [0.3, 0.4) is 0 Å². The summed E-state index contributed by atoms with van der Waals surface area (Å²) in [6, 6.07) is 0. The second kappa shape index (κ2) is 9.39. The molecule has 2 saturated carbocycles. The van der Waals surface area contributed by atoms with E-state index in [-0.39, 0.29) is 23.0 Å². The normalized spacial score (nSPS) is 34.0. The van der Waals surface area contributed by atoms with Crippen molar-refractivity contribution in [1.82, 2.24) is 0 Å². The first-order valence-corrected chi connectivity index (χ1v) is 11.0. The molecule has 0 spiro atoms. The third kappa shape index (κ3) is 4.95. The molecule has 158 valence electrons. The van der Waals surface area contributed by atoms with Crippen LogP contribution in [0.1, 0.15) is 85.5 Å². The van der Waals surface area contributed by atoms with Crippen LogP contribution in [0.2, 0.25) is 0 Å². The summed E-state index contributed by atoms with van der Waals surface area (Å²) in [5, 5.41) is 21.7. The number of aliphatic hydroxyl groups excluding tert-OH is 1. The number of rotatable bonds is 10. The Balaban J connectivity index is 1.99. The van der Waals surface area contributed by atoms with Gasteiger partial charge >= 0.3 is 0 Å². The standard InChI is InChI=1S/C23H42O4/c1-6-23(7-2,27-17-26-5)16-9-8-15-22(4,25)20-13-12-18-19(24)11-10-14-21(18,20)3/h8,15,18-20,24-25H,6-7,9-14,16-17H2,1-5H3. The first-order chi connectivity index (χ1) is 12.7. The molecule has 0 aromatic carbocycles. The Morgan fingerprint density at radius 1 is 1.19 bits per heavy atom. The van der Waals surface area contributed by atoms with E-state index in [0.29, 0.717) is 12.7 Å². The predicted molar refractivity (Wildman–Crippen MR) is 109 cm³/mol. The second-order valence-electron chi connectivity index (χ2n) is 9.31. The van der Waals surface area contributed by atoms with E-state index >= 15 is 0 Å². The van der Waals surface area contributed by atoms with Crippen molar-refractivity contribution in [3.63, 3.8) is 0 Å². The van der Waals surface area contributed by atoms with Gasteiger partial charge in [-0.2, -0.15) is 0 Å². The minimum absolute atomic E-state index is 0.0453. The van der Waals surface area contributed by atoms with Crippen molar-refractivity contribution in [1.29, 1.82) is 0 Å². The van der Waals surface area contributed by atoms with Crippen LogP contribution in [0.25, 0.3) is 0 Å². The minimum atomic E-state index is -0.824. The maximum absolute atomic E-state index is 11.3. The van der Waals surface area contributed by atoms with Crippen LogP contribution in [0.5, 0.6) is 0 Å². The smallest absolute Gasteiger partial charge is 0.147 e. The molecule has 5 unspecified atom stereocenters. The SMILES string of the molecule is CCC(CC)(CCC=CC(C)(O)C1CCC2C(O)CCCC21C)OCOC. The highest BCUT2D eigenvalue weighted by molar-refractivity contribution is 5.12. The Labute approximate surface area is 166 Å². The summed E-state index contributed by atoms with van der Waals surface area (Å²) in [6.45, 7) is 8.89. The van der Waals surface area contributed by atoms with Gasteiger partial charge in [-0.3, -0.25) is 0 Å². The minimum Gasteiger partial charge on any atom is -0.393 e. The molecule has 0 heterocycles. The average Bonchev–Trinajstić information content (AvgIpc) is 3.01. The Hall–Kier alpha value is -0.420. The zero-order chi connectivity index (χ0) is 20.1. The monoisotopic (exact) mass is 382 g/mol. The van der Waals surface area contributed by atoms with Gasteiger partial charge in [-0.15, -0.1) is 0 Å². The van der Waals surface area contributed by atoms with Crippen molar-refractivity contribution >= 4 is 0 Å². The fourth-order valence-electron chi connectivity index (χ4n) is 5.96. The van der Waals surface area contributed by atoms with Gasteiger partial charge in [-0.25, -0.2) is 0 Å². The lowest BCUT2D eigenvalue weighted by Crippen LogP contribution is -2.47. The average molecular weight is 383 g/mol. The number of aliphatic hydroxyl groups is 2. The number of allylic oxidation sites excluding steroid dienone is 1. The summed E-state index contributed by atoms with van der Waals surface area (Å²) >= 11 is 0. The Morgan fingerprint density at radius 3 is 2.52 bits per heavy atom. The molecule has 0 aromatic rings. The van der Waals surface area contributed by atoms with Crippen LogP contribution in [0, 0.1) is 17.3 Å². The molecule has 0 saturated heterocycles. The van der Waals surface area contributed by atoms with Crippen LogP contribution in [0.4, 0.5) is 0 Å². The van der Waals surface area contributed by atoms with E-state index in [2.05, 4.69) is 26.8 Å². The lowest BCUT2D eigenvalue weighted by Gasteiger charge is -2.47. The molecular weight excluding hydrogens is 340 g/mol. The second-order valence-corrected chi connectivity index (χ2v) is 9.31. The maximum atomic E-state index is 11.3. The highest BCUT2D eigenvalue weighted by Crippen LogP contribution is 2.58. The van der Waals surface area contributed by atoms with E-state index in [9.17, 15) is 10.2 Å². The molecule has 27 heavy (non-hydrogen) atoms. The molecule has 0 aliphatic heterocycles. The van der Waals surface area contributed by atoms with Gasteiger partial charge in [0.25, 0.3) is 0 Å². The van der Waals surface area contributed by atoms with Gasteiger partial charge in [-0.05, 0) is 75.5 Å². The Kier molecular flexibility index (Phi) is 7.95. The summed E-state index contributed by atoms with van der Waals surface area (Å²) < 4.78 is 11.1. The zero-order valence-corrected chi connectivity index (χ0v) is 18.2. The zero-order valence-electron chi connectivity index (χ0n) is 18.2. The number of hydrogen-bond donors (Lipinski definition) is 2. The van der Waals surface area contributed by atoms with Crippen LogP contribution >= 0.6 is 0 Å². The van der Waals surface area contributed by atoms with E-state index in [0.717, 1.165) is 57.8 Å². The van der Waals surface area contributed by atoms with E-state index < -0.39 is 5.60 Å². The van der Waals surface area contributed by atoms with E-state index in [1.807, 2.05) is 13.0 Å². The largest absolute Gasteiger partial charge is 0.393 e. The first-order valence-electron chi connectivity index (χ1n) is 11.0. The topological polar surface area (TPSA) is 58.9 Å². The summed E-state index contributed by atoms with van der Waals surface area (Å²) in [4.78, 5) is 0. The third-order valence-electron chi connectivity index (χ3n) is 7.79. The molecule has 2 aliphatic carbocycles. The Morgan fingerprint density at radius 2 is 1.89 bits per heavy atom. The van der Waals surface area contributed by atoms with E-state index in [4.69, 9.17) is 9.47 Å². The van der Waals surface area contributed by atoms with Crippen LogP contribution < -0.4 is 0 Å². The molecule has 2 aliphatic rings. The molecule has 0 bridgehead atoms. The van der Waals surface area contributed by atoms with Crippen LogP contribution in [0.15, 0.2) is 12.2 Å². The van der Waals surface area contributed by atoms with E-state index in [1.165, 1.54) is 0 Å². The summed E-state index contributed by atoms with van der Waals surface area (Å²) in [5.74, 6) is 0.555. The lowest BCUT2D eigenvalue weighted by atomic mass is 9.61. The number of ether oxygens (including phenoxy) is 2. The van der Waals surface area contributed by atoms with Gasteiger partial charge in [-0.1, -0.05) is 39.3 Å². The highest BCUT2D eigenvalue weighted by atomic mass is 16.7. The van der Waals surface area contributed by atoms with Crippen molar-refractivity contribution in [2.45, 2.75) is 103 Å². The van der Waals surface area contributed by atoms with Gasteiger partial charge in [0.2, 0.25) is 0 Å². The fourth-order valence-corrected chi connectivity index (χ4v) is 5.96. The fraction of sp³-hybridized carbons (Fsp3) is 0.913. The van der Waals surface area contributed by atoms with Crippen molar-refractivity contribution in [2.75, 3.05) is 13.9 Å². The predicted octanol–water partition coefficient (Wildman–Crippen LogP) is 4.83. The van der Waals surface area contributed by atoms with Gasteiger partial charge in [0, 0.05) is 7.11 Å².